The van der Waals surface area contributed by atoms with Crippen LogP contribution in [0.3, 0.4) is 0 Å². The summed E-state index contributed by atoms with van der Waals surface area (Å²) in [6.45, 7) is 2.26. The van der Waals surface area contributed by atoms with Crippen molar-refractivity contribution in [3.8, 4) is 0 Å². The van der Waals surface area contributed by atoms with Gasteiger partial charge in [0.25, 0.3) is 0 Å². The number of hydrogen-bond acceptors (Lipinski definition) is 3. The summed E-state index contributed by atoms with van der Waals surface area (Å²) < 4.78 is 0. The molecule has 6 nitrogen and oxygen atoms in total. The minimum absolute atomic E-state index is 0.107. The van der Waals surface area contributed by atoms with E-state index in [2.05, 4.69) is 5.32 Å². The number of amides is 2. The van der Waals surface area contributed by atoms with Crippen molar-refractivity contribution in [3.05, 3.63) is 29.8 Å². The molecule has 1 aliphatic carbocycles. The number of carboxylic acids is 1. The molecule has 2 aliphatic rings. The molecule has 1 atom stereocenters. The third-order valence-electron chi connectivity index (χ3n) is 4.36. The number of anilines is 1. The van der Waals surface area contributed by atoms with E-state index in [-0.39, 0.29) is 18.2 Å². The number of aliphatic carboxylic acids is 1. The molecule has 1 saturated carbocycles. The molecule has 0 spiro atoms. The molecule has 2 N–H and O–H groups in total. The fourth-order valence-corrected chi connectivity index (χ4v) is 2.71. The van der Waals surface area contributed by atoms with Gasteiger partial charge in [0.1, 0.15) is 5.54 Å². The first kappa shape index (κ1) is 14.6. The summed E-state index contributed by atoms with van der Waals surface area (Å²) in [5.74, 6) is -1.95. The van der Waals surface area contributed by atoms with E-state index in [1.54, 1.807) is 4.90 Å². The Balaban J connectivity index is 1.68. The van der Waals surface area contributed by atoms with Crippen molar-refractivity contribution in [3.63, 3.8) is 0 Å². The number of aryl methyl sites for hydroxylation is 1. The summed E-state index contributed by atoms with van der Waals surface area (Å²) in [5, 5.41) is 11.7. The molecule has 3 rings (SSSR count). The van der Waals surface area contributed by atoms with Crippen molar-refractivity contribution in [1.29, 1.82) is 0 Å². The lowest BCUT2D eigenvalue weighted by molar-refractivity contribution is -0.143. The first-order valence-electron chi connectivity index (χ1n) is 7.34. The zero-order valence-corrected chi connectivity index (χ0v) is 12.3. The summed E-state index contributed by atoms with van der Waals surface area (Å²) in [7, 11) is 0. The number of nitrogens with zero attached hydrogens (tertiary/aromatic N) is 1. The van der Waals surface area contributed by atoms with Gasteiger partial charge in [-0.3, -0.25) is 9.59 Å². The van der Waals surface area contributed by atoms with E-state index in [9.17, 15) is 14.4 Å². The summed E-state index contributed by atoms with van der Waals surface area (Å²) in [5.41, 5.74) is 0.768. The molecule has 0 radical (unpaired) electrons. The van der Waals surface area contributed by atoms with Crippen molar-refractivity contribution in [2.45, 2.75) is 31.7 Å². The maximum atomic E-state index is 12.2. The molecule has 1 aromatic rings. The van der Waals surface area contributed by atoms with Crippen LogP contribution in [0.2, 0.25) is 0 Å². The van der Waals surface area contributed by atoms with Gasteiger partial charge in [0, 0.05) is 18.7 Å². The number of hydrogen-bond donors (Lipinski definition) is 2. The highest BCUT2D eigenvalue weighted by Gasteiger charge is 2.52. The van der Waals surface area contributed by atoms with Gasteiger partial charge < -0.3 is 15.3 Å². The van der Waals surface area contributed by atoms with Crippen LogP contribution in [-0.4, -0.2) is 35.0 Å². The number of carbonyl (C=O) groups is 3. The van der Waals surface area contributed by atoms with Crippen LogP contribution in [0.1, 0.15) is 24.8 Å². The van der Waals surface area contributed by atoms with Crippen molar-refractivity contribution < 1.29 is 19.5 Å². The Hall–Kier alpha value is -2.37. The van der Waals surface area contributed by atoms with Crippen LogP contribution >= 0.6 is 0 Å². The average molecular weight is 302 g/mol. The molecule has 0 unspecified atom stereocenters. The third kappa shape index (κ3) is 2.56. The van der Waals surface area contributed by atoms with Crippen molar-refractivity contribution >= 4 is 23.5 Å². The molecule has 2 fully saturated rings. The minimum Gasteiger partial charge on any atom is -0.480 e. The maximum absolute atomic E-state index is 12.2. The normalized spacial score (nSPS) is 22.5. The Morgan fingerprint density at radius 2 is 1.91 bits per heavy atom. The largest absolute Gasteiger partial charge is 0.480 e. The van der Waals surface area contributed by atoms with Crippen LogP contribution in [0.25, 0.3) is 0 Å². The van der Waals surface area contributed by atoms with E-state index in [0.29, 0.717) is 19.4 Å². The zero-order chi connectivity index (χ0) is 15.9. The molecule has 1 heterocycles. The molecule has 116 valence electrons. The zero-order valence-electron chi connectivity index (χ0n) is 12.3. The fraction of sp³-hybridized carbons (Fsp3) is 0.438. The Bertz CT molecular complexity index is 634. The third-order valence-corrected chi connectivity index (χ3v) is 4.36. The van der Waals surface area contributed by atoms with E-state index in [1.165, 1.54) is 0 Å². The molecule has 0 aromatic heterocycles. The van der Waals surface area contributed by atoms with Gasteiger partial charge in [0.05, 0.1) is 5.92 Å². The smallest absolute Gasteiger partial charge is 0.329 e. The highest BCUT2D eigenvalue weighted by Crippen LogP contribution is 2.36. The number of benzene rings is 1. The fourth-order valence-electron chi connectivity index (χ4n) is 2.71. The molecule has 22 heavy (non-hydrogen) atoms. The van der Waals surface area contributed by atoms with Crippen LogP contribution in [0.4, 0.5) is 5.69 Å². The van der Waals surface area contributed by atoms with E-state index < -0.39 is 17.4 Å². The second kappa shape index (κ2) is 5.12. The predicted molar refractivity (Wildman–Crippen MR) is 79.4 cm³/mol. The van der Waals surface area contributed by atoms with Crippen LogP contribution in [0, 0.1) is 12.8 Å². The average Bonchev–Trinajstić information content (AvgIpc) is 3.15. The van der Waals surface area contributed by atoms with Gasteiger partial charge in [0.2, 0.25) is 11.8 Å². The van der Waals surface area contributed by atoms with E-state index in [4.69, 9.17) is 5.11 Å². The lowest BCUT2D eigenvalue weighted by Crippen LogP contribution is -2.46. The van der Waals surface area contributed by atoms with Gasteiger partial charge in [-0.25, -0.2) is 4.79 Å². The second-order valence-corrected chi connectivity index (χ2v) is 6.12. The lowest BCUT2D eigenvalue weighted by atomic mass is 10.1. The topological polar surface area (TPSA) is 86.7 Å². The monoisotopic (exact) mass is 302 g/mol. The van der Waals surface area contributed by atoms with Crippen LogP contribution < -0.4 is 10.2 Å². The van der Waals surface area contributed by atoms with Crippen molar-refractivity contribution in [2.75, 3.05) is 11.4 Å². The van der Waals surface area contributed by atoms with Crippen LogP contribution in [0.5, 0.6) is 0 Å². The van der Waals surface area contributed by atoms with Crippen molar-refractivity contribution in [2.24, 2.45) is 5.92 Å². The molecule has 1 aliphatic heterocycles. The van der Waals surface area contributed by atoms with Gasteiger partial charge in [-0.05, 0) is 31.9 Å². The molecular weight excluding hydrogens is 284 g/mol. The SMILES string of the molecule is Cc1ccc(N2C[C@H](C(=O)NC3(C(=O)O)CC3)CC2=O)cc1. The van der Waals surface area contributed by atoms with Gasteiger partial charge in [0.15, 0.2) is 0 Å². The van der Waals surface area contributed by atoms with E-state index in [1.807, 2.05) is 31.2 Å². The van der Waals surface area contributed by atoms with Crippen molar-refractivity contribution in [1.82, 2.24) is 5.32 Å². The maximum Gasteiger partial charge on any atom is 0.329 e. The molecule has 1 saturated heterocycles. The van der Waals surface area contributed by atoms with Gasteiger partial charge in [-0.2, -0.15) is 0 Å². The number of carbonyl (C=O) groups excluding carboxylic acids is 2. The molecule has 6 heteroatoms. The van der Waals surface area contributed by atoms with E-state index in [0.717, 1.165) is 11.3 Å². The van der Waals surface area contributed by atoms with Gasteiger partial charge in [-0.1, -0.05) is 17.7 Å². The highest BCUT2D eigenvalue weighted by molar-refractivity contribution is 6.01. The van der Waals surface area contributed by atoms with Crippen LogP contribution in [0.15, 0.2) is 24.3 Å². The number of nitrogens with one attached hydrogen (secondary N) is 1. The Kier molecular flexibility index (Phi) is 3.39. The summed E-state index contributed by atoms with van der Waals surface area (Å²) in [6.07, 6.45) is 1.03. The van der Waals surface area contributed by atoms with Gasteiger partial charge in [-0.15, -0.1) is 0 Å². The summed E-state index contributed by atoms with van der Waals surface area (Å²) in [4.78, 5) is 37.1. The molecule has 1 aromatic carbocycles. The predicted octanol–water partition coefficient (Wildman–Crippen LogP) is 1.08. The first-order chi connectivity index (χ1) is 10.4. The second-order valence-electron chi connectivity index (χ2n) is 6.12. The minimum atomic E-state index is -1.10. The Morgan fingerprint density at radius 1 is 1.27 bits per heavy atom. The molecule has 2 amide bonds. The quantitative estimate of drug-likeness (QED) is 0.871. The summed E-state index contributed by atoms with van der Waals surface area (Å²) >= 11 is 0. The Morgan fingerprint density at radius 3 is 2.45 bits per heavy atom. The first-order valence-corrected chi connectivity index (χ1v) is 7.34. The number of rotatable bonds is 4. The van der Waals surface area contributed by atoms with E-state index >= 15 is 0 Å². The summed E-state index contributed by atoms with van der Waals surface area (Å²) in [6, 6.07) is 7.54. The van der Waals surface area contributed by atoms with Gasteiger partial charge >= 0.3 is 5.97 Å². The standard InChI is InChI=1S/C16H18N2O4/c1-10-2-4-12(5-3-10)18-9-11(8-13(18)19)14(20)17-16(6-7-16)15(21)22/h2-5,11H,6-9H2,1H3,(H,17,20)(H,21,22)/t11-/m1/s1. The van der Waals surface area contributed by atoms with Crippen LogP contribution in [-0.2, 0) is 14.4 Å². The number of carboxylic acid groups (broad SMARTS) is 1. The lowest BCUT2D eigenvalue weighted by Gasteiger charge is -2.18. The molecule has 0 bridgehead atoms. The Labute approximate surface area is 128 Å². The molecular formula is C16H18N2O4. The highest BCUT2D eigenvalue weighted by atomic mass is 16.4.